The molecule has 0 saturated carbocycles. The highest BCUT2D eigenvalue weighted by atomic mass is 35.5. The maximum absolute atomic E-state index is 12.9. The molecule has 6 nitrogen and oxygen atoms in total. The van der Waals surface area contributed by atoms with E-state index in [1.165, 1.54) is 22.9 Å². The fourth-order valence-electron chi connectivity index (χ4n) is 2.96. The Bertz CT molecular complexity index is 911. The van der Waals surface area contributed by atoms with Crippen molar-refractivity contribution in [2.75, 3.05) is 5.32 Å². The van der Waals surface area contributed by atoms with Crippen molar-refractivity contribution in [3.63, 3.8) is 0 Å². The second-order valence-electron chi connectivity index (χ2n) is 6.92. The van der Waals surface area contributed by atoms with E-state index in [1.807, 2.05) is 27.7 Å². The molecule has 1 aromatic heterocycles. The van der Waals surface area contributed by atoms with Gasteiger partial charge in [0.25, 0.3) is 17.4 Å². The number of benzene rings is 1. The van der Waals surface area contributed by atoms with Crippen LogP contribution in [0.2, 0.25) is 5.02 Å². The molecule has 27 heavy (non-hydrogen) atoms. The molecule has 0 saturated heterocycles. The largest absolute Gasteiger partial charge is 0.334 e. The average Bonchev–Trinajstić information content (AvgIpc) is 2.57. The maximum atomic E-state index is 12.9. The molecule has 0 aliphatic heterocycles. The Morgan fingerprint density at radius 3 is 2.26 bits per heavy atom. The minimum absolute atomic E-state index is 0.000707. The second kappa shape index (κ2) is 8.39. The number of carbonyl (C=O) groups is 2. The summed E-state index contributed by atoms with van der Waals surface area (Å²) in [5.74, 6) is -0.669. The Morgan fingerprint density at radius 2 is 1.70 bits per heavy atom. The van der Waals surface area contributed by atoms with E-state index >= 15 is 0 Å². The maximum Gasteiger partial charge on any atom is 0.274 e. The first kappa shape index (κ1) is 20.7. The predicted octanol–water partition coefficient (Wildman–Crippen LogP) is 3.55. The van der Waals surface area contributed by atoms with Gasteiger partial charge in [0.05, 0.1) is 5.56 Å². The lowest BCUT2D eigenvalue weighted by Gasteiger charge is -2.31. The topological polar surface area (TPSA) is 71.4 Å². The molecule has 0 atom stereocenters. The summed E-state index contributed by atoms with van der Waals surface area (Å²) in [5.41, 5.74) is 0.302. The average molecular weight is 390 g/mol. The van der Waals surface area contributed by atoms with E-state index < -0.39 is 11.5 Å². The first-order valence-corrected chi connectivity index (χ1v) is 9.10. The van der Waals surface area contributed by atoms with E-state index in [2.05, 4.69) is 5.32 Å². The zero-order valence-corrected chi connectivity index (χ0v) is 16.9. The lowest BCUT2D eigenvalue weighted by Crippen LogP contribution is -2.42. The lowest BCUT2D eigenvalue weighted by atomic mass is 10.1. The zero-order chi connectivity index (χ0) is 20.3. The van der Waals surface area contributed by atoms with Crippen molar-refractivity contribution in [1.82, 2.24) is 9.47 Å². The number of halogens is 1. The van der Waals surface area contributed by atoms with E-state index in [9.17, 15) is 14.4 Å². The SMILES string of the molecule is CC(C)N(C(=O)c1cc(NC(=O)c2cccc(Cl)c2)c(=O)n(C)c1)C(C)C. The fourth-order valence-corrected chi connectivity index (χ4v) is 3.15. The van der Waals surface area contributed by atoms with Crippen LogP contribution in [0.25, 0.3) is 0 Å². The number of hydrogen-bond donors (Lipinski definition) is 1. The van der Waals surface area contributed by atoms with Gasteiger partial charge in [0.15, 0.2) is 0 Å². The predicted molar refractivity (Wildman–Crippen MR) is 108 cm³/mol. The highest BCUT2D eigenvalue weighted by Gasteiger charge is 2.23. The van der Waals surface area contributed by atoms with Gasteiger partial charge in [0.2, 0.25) is 0 Å². The molecular formula is C20H24ClN3O3. The summed E-state index contributed by atoms with van der Waals surface area (Å²) in [7, 11) is 1.54. The van der Waals surface area contributed by atoms with Crippen molar-refractivity contribution in [3.8, 4) is 0 Å². The lowest BCUT2D eigenvalue weighted by molar-refractivity contribution is 0.0642. The molecule has 2 aromatic rings. The number of aromatic nitrogens is 1. The van der Waals surface area contributed by atoms with Gasteiger partial charge in [-0.3, -0.25) is 14.4 Å². The molecule has 1 aromatic carbocycles. The quantitative estimate of drug-likeness (QED) is 0.849. The van der Waals surface area contributed by atoms with Crippen LogP contribution in [0.5, 0.6) is 0 Å². The van der Waals surface area contributed by atoms with E-state index in [-0.39, 0.29) is 23.7 Å². The standard InChI is InChI=1S/C20H24ClN3O3/c1-12(2)24(13(3)4)19(26)15-10-17(20(27)23(5)11-15)22-18(25)14-7-6-8-16(21)9-14/h6-13H,1-5H3,(H,22,25). The van der Waals surface area contributed by atoms with Crippen LogP contribution < -0.4 is 10.9 Å². The third-order valence-electron chi connectivity index (χ3n) is 4.11. The van der Waals surface area contributed by atoms with Gasteiger partial charge in [-0.05, 0) is 52.0 Å². The Kier molecular flexibility index (Phi) is 6.44. The number of rotatable bonds is 5. The van der Waals surface area contributed by atoms with Gasteiger partial charge in [-0.1, -0.05) is 17.7 Å². The van der Waals surface area contributed by atoms with Crippen LogP contribution in [0.15, 0.2) is 41.3 Å². The molecule has 0 fully saturated rings. The molecule has 0 aliphatic rings. The molecule has 0 aliphatic carbocycles. The van der Waals surface area contributed by atoms with E-state index in [4.69, 9.17) is 11.6 Å². The first-order chi connectivity index (χ1) is 12.6. The van der Waals surface area contributed by atoms with Crippen LogP contribution >= 0.6 is 11.6 Å². The Morgan fingerprint density at radius 1 is 1.07 bits per heavy atom. The normalized spacial score (nSPS) is 11.0. The van der Waals surface area contributed by atoms with Crippen molar-refractivity contribution in [2.45, 2.75) is 39.8 Å². The third kappa shape index (κ3) is 4.77. The number of nitrogens with zero attached hydrogens (tertiary/aromatic N) is 2. The highest BCUT2D eigenvalue weighted by molar-refractivity contribution is 6.31. The second-order valence-corrected chi connectivity index (χ2v) is 7.36. The van der Waals surface area contributed by atoms with Crippen LogP contribution in [-0.2, 0) is 7.05 Å². The molecule has 2 amide bonds. The first-order valence-electron chi connectivity index (χ1n) is 8.72. The van der Waals surface area contributed by atoms with E-state index in [0.29, 0.717) is 16.1 Å². The molecular weight excluding hydrogens is 366 g/mol. The van der Waals surface area contributed by atoms with Crippen molar-refractivity contribution in [3.05, 3.63) is 63.0 Å². The fraction of sp³-hybridized carbons (Fsp3) is 0.350. The third-order valence-corrected chi connectivity index (χ3v) is 4.35. The monoisotopic (exact) mass is 389 g/mol. The minimum Gasteiger partial charge on any atom is -0.334 e. The summed E-state index contributed by atoms with van der Waals surface area (Å²) in [6.07, 6.45) is 1.48. The van der Waals surface area contributed by atoms with Crippen molar-refractivity contribution in [2.24, 2.45) is 7.05 Å². The molecule has 1 heterocycles. The smallest absolute Gasteiger partial charge is 0.274 e. The molecule has 144 valence electrons. The van der Waals surface area contributed by atoms with Crippen LogP contribution in [0.1, 0.15) is 48.4 Å². The summed E-state index contributed by atoms with van der Waals surface area (Å²) in [6.45, 7) is 7.73. The van der Waals surface area contributed by atoms with Gasteiger partial charge >= 0.3 is 0 Å². The van der Waals surface area contributed by atoms with Gasteiger partial charge in [-0.15, -0.1) is 0 Å². The summed E-state index contributed by atoms with van der Waals surface area (Å²) in [4.78, 5) is 39.5. The van der Waals surface area contributed by atoms with Gasteiger partial charge in [-0.2, -0.15) is 0 Å². The van der Waals surface area contributed by atoms with E-state index in [1.54, 1.807) is 30.1 Å². The molecule has 1 N–H and O–H groups in total. The number of hydrogen-bond acceptors (Lipinski definition) is 3. The molecule has 0 radical (unpaired) electrons. The molecule has 0 unspecified atom stereocenters. The van der Waals surface area contributed by atoms with E-state index in [0.717, 1.165) is 0 Å². The summed E-state index contributed by atoms with van der Waals surface area (Å²) in [5, 5.41) is 3.01. The highest BCUT2D eigenvalue weighted by Crippen LogP contribution is 2.16. The number of amides is 2. The van der Waals surface area contributed by atoms with Gasteiger partial charge in [0, 0.05) is 35.9 Å². The number of aryl methyl sites for hydroxylation is 1. The van der Waals surface area contributed by atoms with Crippen molar-refractivity contribution in [1.29, 1.82) is 0 Å². The minimum atomic E-state index is -0.469. The molecule has 2 rings (SSSR count). The molecule has 7 heteroatoms. The Balaban J connectivity index is 2.40. The van der Waals surface area contributed by atoms with Crippen LogP contribution in [0.4, 0.5) is 5.69 Å². The van der Waals surface area contributed by atoms with Crippen LogP contribution in [0.3, 0.4) is 0 Å². The summed E-state index contributed by atoms with van der Waals surface area (Å²) < 4.78 is 1.29. The summed E-state index contributed by atoms with van der Waals surface area (Å²) in [6, 6.07) is 7.83. The Hall–Kier alpha value is -2.60. The van der Waals surface area contributed by atoms with Crippen LogP contribution in [0, 0.1) is 0 Å². The van der Waals surface area contributed by atoms with Gasteiger partial charge in [0.1, 0.15) is 5.69 Å². The van der Waals surface area contributed by atoms with Gasteiger partial charge in [-0.25, -0.2) is 0 Å². The Labute approximate surface area is 163 Å². The number of nitrogens with one attached hydrogen (secondary N) is 1. The number of pyridine rings is 1. The summed E-state index contributed by atoms with van der Waals surface area (Å²) >= 11 is 5.91. The van der Waals surface area contributed by atoms with Crippen molar-refractivity contribution < 1.29 is 9.59 Å². The number of carbonyl (C=O) groups excluding carboxylic acids is 2. The molecule has 0 bridgehead atoms. The molecule has 0 spiro atoms. The van der Waals surface area contributed by atoms with Gasteiger partial charge < -0.3 is 14.8 Å². The van der Waals surface area contributed by atoms with Crippen LogP contribution in [-0.4, -0.2) is 33.4 Å². The zero-order valence-electron chi connectivity index (χ0n) is 16.1. The number of anilines is 1. The van der Waals surface area contributed by atoms with Crippen molar-refractivity contribution >= 4 is 29.1 Å².